The van der Waals surface area contributed by atoms with Crippen molar-refractivity contribution in [2.45, 2.75) is 13.5 Å². The number of anilines is 2. The van der Waals surface area contributed by atoms with Crippen LogP contribution in [0.2, 0.25) is 5.02 Å². The maximum atomic E-state index is 12.3. The maximum Gasteiger partial charge on any atom is 0.326 e. The van der Waals surface area contributed by atoms with Crippen LogP contribution >= 0.6 is 11.6 Å². The van der Waals surface area contributed by atoms with Gasteiger partial charge in [-0.25, -0.2) is 4.98 Å². The number of ether oxygens (including phenoxy) is 1. The molecule has 3 aromatic heterocycles. The summed E-state index contributed by atoms with van der Waals surface area (Å²) < 4.78 is 8.42. The lowest BCUT2D eigenvalue weighted by atomic mass is 10.2. The zero-order valence-corrected chi connectivity index (χ0v) is 21.3. The van der Waals surface area contributed by atoms with Gasteiger partial charge >= 0.3 is 5.97 Å². The fourth-order valence-corrected chi connectivity index (χ4v) is 4.72. The summed E-state index contributed by atoms with van der Waals surface area (Å²) in [5.41, 5.74) is 3.37. The van der Waals surface area contributed by atoms with Gasteiger partial charge in [-0.05, 0) is 49.4 Å². The lowest BCUT2D eigenvalue weighted by molar-refractivity contribution is -0.143. The van der Waals surface area contributed by atoms with E-state index in [-0.39, 0.29) is 24.9 Å². The molecule has 1 aliphatic rings. The number of nitrogens with zero attached hydrogens (tertiary/aromatic N) is 9. The van der Waals surface area contributed by atoms with Crippen molar-refractivity contribution in [2.24, 2.45) is 0 Å². The molecular weight excluding hydrogens is 510 g/mol. The van der Waals surface area contributed by atoms with Gasteiger partial charge in [-0.1, -0.05) is 16.8 Å². The molecule has 1 N–H and O–H groups in total. The Morgan fingerprint density at radius 2 is 1.82 bits per heavy atom. The lowest BCUT2D eigenvalue weighted by Gasteiger charge is -2.36. The summed E-state index contributed by atoms with van der Waals surface area (Å²) in [6.45, 7) is 4.86. The van der Waals surface area contributed by atoms with E-state index in [1.54, 1.807) is 46.8 Å². The number of esters is 1. The van der Waals surface area contributed by atoms with E-state index >= 15 is 0 Å². The Morgan fingerprint density at radius 3 is 2.58 bits per heavy atom. The van der Waals surface area contributed by atoms with E-state index in [0.29, 0.717) is 46.6 Å². The number of phenolic OH excluding ortho intramolecular Hbond substituents is 1. The highest BCUT2D eigenvalue weighted by molar-refractivity contribution is 6.31. The van der Waals surface area contributed by atoms with Crippen molar-refractivity contribution in [2.75, 3.05) is 42.6 Å². The first kappa shape index (κ1) is 23.9. The summed E-state index contributed by atoms with van der Waals surface area (Å²) in [5.74, 6) is 0.820. The van der Waals surface area contributed by atoms with Gasteiger partial charge in [-0.3, -0.25) is 4.79 Å². The standard InChI is InChI=1S/C25H24ClN9O3/c1-2-38-21(37)14-34-15-27-22-23(34)28-25(29-24(22)35-20-8-3-16(26)13-19(20)30-31-35)33-11-9-32(10-12-33)17-4-6-18(36)7-5-17/h3-8,13,15,36H,2,9-12,14H2,1H3. The number of fused-ring (bicyclic) bond motifs is 2. The maximum absolute atomic E-state index is 12.3. The quantitative estimate of drug-likeness (QED) is 0.325. The van der Waals surface area contributed by atoms with Crippen molar-refractivity contribution in [3.05, 3.63) is 53.8 Å². The van der Waals surface area contributed by atoms with E-state index in [0.717, 1.165) is 24.3 Å². The first-order valence-corrected chi connectivity index (χ1v) is 12.6. The van der Waals surface area contributed by atoms with E-state index in [2.05, 4.69) is 25.1 Å². The molecule has 6 rings (SSSR count). The molecule has 1 fully saturated rings. The highest BCUT2D eigenvalue weighted by atomic mass is 35.5. The summed E-state index contributed by atoms with van der Waals surface area (Å²) in [4.78, 5) is 30.8. The number of phenols is 1. The third-order valence-electron chi connectivity index (χ3n) is 6.42. The largest absolute Gasteiger partial charge is 0.508 e. The number of imidazole rings is 1. The number of piperazine rings is 1. The molecule has 0 bridgehead atoms. The molecule has 12 nitrogen and oxygen atoms in total. The summed E-state index contributed by atoms with van der Waals surface area (Å²) >= 11 is 6.15. The average molecular weight is 534 g/mol. The summed E-state index contributed by atoms with van der Waals surface area (Å²) in [6, 6.07) is 12.5. The van der Waals surface area contributed by atoms with E-state index in [1.165, 1.54) is 0 Å². The Hall–Kier alpha value is -4.45. The fraction of sp³-hybridized carbons (Fsp3) is 0.280. The minimum atomic E-state index is -0.378. The minimum absolute atomic E-state index is 0.0252. The van der Waals surface area contributed by atoms with Crippen LogP contribution < -0.4 is 9.80 Å². The first-order valence-electron chi connectivity index (χ1n) is 12.2. The van der Waals surface area contributed by atoms with Crippen LogP contribution in [0.3, 0.4) is 0 Å². The van der Waals surface area contributed by atoms with Crippen LogP contribution in [-0.2, 0) is 16.1 Å². The Bertz CT molecular complexity index is 1620. The Balaban J connectivity index is 1.39. The molecule has 5 aromatic rings. The van der Waals surface area contributed by atoms with Crippen LogP contribution in [0.25, 0.3) is 28.0 Å². The topological polar surface area (TPSA) is 127 Å². The van der Waals surface area contributed by atoms with Crippen molar-refractivity contribution in [1.82, 2.24) is 34.5 Å². The SMILES string of the molecule is CCOC(=O)Cn1cnc2c(-n3nnc4cc(Cl)ccc43)nc(N3CCN(c4ccc(O)cc4)CC3)nc21. The molecule has 2 aromatic carbocycles. The molecule has 0 radical (unpaired) electrons. The molecule has 194 valence electrons. The molecule has 38 heavy (non-hydrogen) atoms. The number of hydrogen-bond acceptors (Lipinski definition) is 10. The van der Waals surface area contributed by atoms with Crippen molar-refractivity contribution in [3.63, 3.8) is 0 Å². The molecule has 13 heteroatoms. The van der Waals surface area contributed by atoms with E-state index in [1.807, 2.05) is 18.2 Å². The van der Waals surface area contributed by atoms with Crippen molar-refractivity contribution < 1.29 is 14.6 Å². The molecule has 1 saturated heterocycles. The van der Waals surface area contributed by atoms with Gasteiger partial charge in [0.1, 0.15) is 17.8 Å². The van der Waals surface area contributed by atoms with Crippen molar-refractivity contribution in [3.8, 4) is 11.6 Å². The lowest BCUT2D eigenvalue weighted by Crippen LogP contribution is -2.47. The number of carbonyl (C=O) groups excluding carboxylic acids is 1. The molecule has 0 aliphatic carbocycles. The van der Waals surface area contributed by atoms with E-state index in [4.69, 9.17) is 26.3 Å². The van der Waals surface area contributed by atoms with Crippen LogP contribution in [0.15, 0.2) is 48.8 Å². The molecule has 0 unspecified atom stereocenters. The molecule has 0 spiro atoms. The van der Waals surface area contributed by atoms with Gasteiger partial charge in [-0.15, -0.1) is 5.10 Å². The number of benzene rings is 2. The van der Waals surface area contributed by atoms with Gasteiger partial charge in [0, 0.05) is 36.9 Å². The molecular formula is C25H24ClN9O3. The Labute approximate surface area is 222 Å². The van der Waals surface area contributed by atoms with Crippen molar-refractivity contribution in [1.29, 1.82) is 0 Å². The monoisotopic (exact) mass is 533 g/mol. The zero-order valence-electron chi connectivity index (χ0n) is 20.5. The number of carbonyl (C=O) groups is 1. The second-order valence-electron chi connectivity index (χ2n) is 8.82. The summed E-state index contributed by atoms with van der Waals surface area (Å²) in [6.07, 6.45) is 1.56. The van der Waals surface area contributed by atoms with Gasteiger partial charge in [0.25, 0.3) is 0 Å². The third-order valence-corrected chi connectivity index (χ3v) is 6.66. The van der Waals surface area contributed by atoms with Crippen LogP contribution in [0, 0.1) is 0 Å². The number of rotatable bonds is 6. The van der Waals surface area contributed by atoms with Crippen LogP contribution in [0.1, 0.15) is 6.92 Å². The van der Waals surface area contributed by atoms with Crippen LogP contribution in [0.4, 0.5) is 11.6 Å². The number of aromatic hydroxyl groups is 1. The van der Waals surface area contributed by atoms with Crippen LogP contribution in [0.5, 0.6) is 5.75 Å². The molecule has 4 heterocycles. The van der Waals surface area contributed by atoms with Crippen LogP contribution in [-0.4, -0.2) is 78.4 Å². The average Bonchev–Trinajstić information content (AvgIpc) is 3.52. The Kier molecular flexibility index (Phi) is 6.16. The van der Waals surface area contributed by atoms with Gasteiger partial charge in [0.15, 0.2) is 17.0 Å². The van der Waals surface area contributed by atoms with Gasteiger partial charge in [0.2, 0.25) is 5.95 Å². The minimum Gasteiger partial charge on any atom is -0.508 e. The fourth-order valence-electron chi connectivity index (χ4n) is 4.55. The number of halogens is 1. The highest BCUT2D eigenvalue weighted by Crippen LogP contribution is 2.27. The second kappa shape index (κ2) is 9.78. The molecule has 0 saturated carbocycles. The number of hydrogen-bond donors (Lipinski definition) is 1. The predicted octanol–water partition coefficient (Wildman–Crippen LogP) is 2.81. The van der Waals surface area contributed by atoms with Gasteiger partial charge in [-0.2, -0.15) is 14.6 Å². The van der Waals surface area contributed by atoms with Gasteiger partial charge < -0.3 is 24.2 Å². The summed E-state index contributed by atoms with van der Waals surface area (Å²) in [7, 11) is 0. The Morgan fingerprint density at radius 1 is 1.05 bits per heavy atom. The zero-order chi connectivity index (χ0) is 26.2. The summed E-state index contributed by atoms with van der Waals surface area (Å²) in [5, 5.41) is 18.8. The van der Waals surface area contributed by atoms with E-state index in [9.17, 15) is 9.90 Å². The normalized spacial score (nSPS) is 13.9. The van der Waals surface area contributed by atoms with Crippen molar-refractivity contribution >= 4 is 51.4 Å². The molecule has 0 atom stereocenters. The smallest absolute Gasteiger partial charge is 0.326 e. The van der Waals surface area contributed by atoms with Gasteiger partial charge in [0.05, 0.1) is 18.5 Å². The molecule has 1 aliphatic heterocycles. The highest BCUT2D eigenvalue weighted by Gasteiger charge is 2.24. The number of aromatic nitrogens is 7. The molecule has 0 amide bonds. The third kappa shape index (κ3) is 4.43. The van der Waals surface area contributed by atoms with E-state index < -0.39 is 0 Å². The second-order valence-corrected chi connectivity index (χ2v) is 9.26. The predicted molar refractivity (Wildman–Crippen MR) is 142 cm³/mol. The first-order chi connectivity index (χ1) is 18.5.